The summed E-state index contributed by atoms with van der Waals surface area (Å²) < 4.78 is 46.2. The summed E-state index contributed by atoms with van der Waals surface area (Å²) >= 11 is 5.67. The maximum Gasteiger partial charge on any atom is 0.417 e. The molecule has 0 fully saturated rings. The number of hydrogen-bond donors (Lipinski definition) is 1. The van der Waals surface area contributed by atoms with Crippen molar-refractivity contribution in [1.82, 2.24) is 14.7 Å². The molecular formula is C20H22ClF3N4O3. The summed E-state index contributed by atoms with van der Waals surface area (Å²) in [6.07, 6.45) is -4.35. The minimum atomic E-state index is -4.69. The third-order valence-corrected chi connectivity index (χ3v) is 5.40. The van der Waals surface area contributed by atoms with E-state index in [1.165, 1.54) is 15.6 Å². The van der Waals surface area contributed by atoms with Gasteiger partial charge in [-0.25, -0.2) is 4.79 Å². The quantitative estimate of drug-likeness (QED) is 0.694. The molecule has 1 aromatic heterocycles. The van der Waals surface area contributed by atoms with Crippen LogP contribution in [0.15, 0.2) is 18.2 Å². The number of benzene rings is 1. The van der Waals surface area contributed by atoms with E-state index < -0.39 is 28.6 Å². The van der Waals surface area contributed by atoms with Crippen LogP contribution in [-0.2, 0) is 30.4 Å². The predicted molar refractivity (Wildman–Crippen MR) is 107 cm³/mol. The number of carbonyl (C=O) groups excluding carboxylic acids is 2. The van der Waals surface area contributed by atoms with Crippen molar-refractivity contribution in [2.75, 3.05) is 13.2 Å². The highest BCUT2D eigenvalue weighted by Crippen LogP contribution is 2.36. The van der Waals surface area contributed by atoms with Gasteiger partial charge in [0.05, 0.1) is 36.0 Å². The van der Waals surface area contributed by atoms with Gasteiger partial charge in [-0.3, -0.25) is 9.48 Å². The normalized spacial score (nSPS) is 16.2. The Labute approximate surface area is 181 Å². The molecule has 0 aliphatic carbocycles. The number of aromatic nitrogens is 2. The molecule has 0 saturated heterocycles. The number of ether oxygens (including phenoxy) is 1. The molecule has 3 rings (SSSR count). The van der Waals surface area contributed by atoms with Crippen molar-refractivity contribution in [2.45, 2.75) is 45.6 Å². The third kappa shape index (κ3) is 4.54. The lowest BCUT2D eigenvalue weighted by Crippen LogP contribution is -2.43. The van der Waals surface area contributed by atoms with E-state index in [0.29, 0.717) is 17.7 Å². The van der Waals surface area contributed by atoms with E-state index in [1.807, 2.05) is 0 Å². The summed E-state index contributed by atoms with van der Waals surface area (Å²) in [6.45, 7) is 4.15. The summed E-state index contributed by atoms with van der Waals surface area (Å²) in [5.41, 5.74) is 5.77. The van der Waals surface area contributed by atoms with Crippen molar-refractivity contribution in [3.63, 3.8) is 0 Å². The summed E-state index contributed by atoms with van der Waals surface area (Å²) in [5, 5.41) is 3.97. The van der Waals surface area contributed by atoms with Crippen LogP contribution in [0, 0.1) is 0 Å². The highest BCUT2D eigenvalue weighted by atomic mass is 35.5. The van der Waals surface area contributed by atoms with Gasteiger partial charge in [-0.2, -0.15) is 18.3 Å². The third-order valence-electron chi connectivity index (χ3n) is 5.07. The lowest BCUT2D eigenvalue weighted by atomic mass is 9.98. The van der Waals surface area contributed by atoms with Crippen molar-refractivity contribution in [3.8, 4) is 0 Å². The van der Waals surface area contributed by atoms with Gasteiger partial charge in [-0.1, -0.05) is 11.6 Å². The van der Waals surface area contributed by atoms with Gasteiger partial charge in [-0.15, -0.1) is 0 Å². The van der Waals surface area contributed by atoms with E-state index in [2.05, 4.69) is 5.10 Å². The molecule has 1 aromatic carbocycles. The zero-order chi connectivity index (χ0) is 22.9. The molecule has 0 saturated carbocycles. The van der Waals surface area contributed by atoms with E-state index in [0.717, 1.165) is 12.1 Å². The van der Waals surface area contributed by atoms with Gasteiger partial charge in [0.1, 0.15) is 0 Å². The Bertz CT molecular complexity index is 1010. The van der Waals surface area contributed by atoms with Gasteiger partial charge in [-0.05, 0) is 32.0 Å². The topological polar surface area (TPSA) is 90.4 Å². The molecule has 1 aliphatic rings. The number of fused-ring (bicyclic) bond motifs is 1. The van der Waals surface area contributed by atoms with Gasteiger partial charge in [0.2, 0.25) is 0 Å². The minimum Gasteiger partial charge on any atom is -0.461 e. The summed E-state index contributed by atoms with van der Waals surface area (Å²) in [6, 6.07) is 2.71. The zero-order valence-electron chi connectivity index (χ0n) is 17.0. The number of amides is 1. The molecule has 1 amide bonds. The van der Waals surface area contributed by atoms with E-state index in [-0.39, 0.29) is 43.5 Å². The minimum absolute atomic E-state index is 0.0119. The molecular weight excluding hydrogens is 437 g/mol. The van der Waals surface area contributed by atoms with Gasteiger partial charge >= 0.3 is 12.1 Å². The van der Waals surface area contributed by atoms with E-state index >= 15 is 0 Å². The molecule has 1 atom stereocenters. The maximum atomic E-state index is 13.2. The number of esters is 1. The molecule has 0 spiro atoms. The van der Waals surface area contributed by atoms with Gasteiger partial charge in [0.15, 0.2) is 5.69 Å². The van der Waals surface area contributed by atoms with Crippen molar-refractivity contribution >= 4 is 23.5 Å². The number of carbonyl (C=O) groups is 2. The molecule has 2 aromatic rings. The summed E-state index contributed by atoms with van der Waals surface area (Å²) in [5.74, 6) is -1.18. The highest BCUT2D eigenvalue weighted by molar-refractivity contribution is 6.31. The van der Waals surface area contributed by atoms with Crippen molar-refractivity contribution in [3.05, 3.63) is 51.3 Å². The second-order valence-electron chi connectivity index (χ2n) is 7.18. The lowest BCUT2D eigenvalue weighted by Gasteiger charge is -2.33. The number of nitrogens with zero attached hydrogens (tertiary/aromatic N) is 3. The van der Waals surface area contributed by atoms with E-state index in [1.54, 1.807) is 13.8 Å². The molecule has 31 heavy (non-hydrogen) atoms. The maximum absolute atomic E-state index is 13.2. The van der Waals surface area contributed by atoms with Gasteiger partial charge in [0.25, 0.3) is 5.91 Å². The highest BCUT2D eigenvalue weighted by Gasteiger charge is 2.37. The smallest absolute Gasteiger partial charge is 0.417 e. The van der Waals surface area contributed by atoms with E-state index in [9.17, 15) is 22.8 Å². The Balaban J connectivity index is 1.98. The first kappa shape index (κ1) is 23.1. The predicted octanol–water partition coefficient (Wildman–Crippen LogP) is 3.28. The Hall–Kier alpha value is -2.59. The average molecular weight is 459 g/mol. The second kappa shape index (κ2) is 8.88. The number of nitrogens with two attached hydrogens (primary N) is 1. The van der Waals surface area contributed by atoms with Crippen LogP contribution in [0.4, 0.5) is 13.2 Å². The Morgan fingerprint density at radius 2 is 2.06 bits per heavy atom. The van der Waals surface area contributed by atoms with Crippen LogP contribution in [0.1, 0.15) is 51.5 Å². The fraction of sp³-hybridized carbons (Fsp3) is 0.450. The average Bonchev–Trinajstić information content (AvgIpc) is 3.03. The van der Waals surface area contributed by atoms with Crippen molar-refractivity contribution in [2.24, 2.45) is 5.73 Å². The molecule has 2 N–H and O–H groups in total. The molecule has 2 heterocycles. The van der Waals surface area contributed by atoms with Crippen LogP contribution in [0.5, 0.6) is 0 Å². The van der Waals surface area contributed by atoms with Crippen LogP contribution < -0.4 is 5.73 Å². The Kier molecular flexibility index (Phi) is 6.61. The molecule has 0 bridgehead atoms. The SMILES string of the molecule is CCOC(=O)c1c2c(nn1CCN)C[C@@H](C)N(C(=O)c1ccc(Cl)c(C(F)(F)F)c1)C2. The van der Waals surface area contributed by atoms with Crippen molar-refractivity contribution < 1.29 is 27.5 Å². The number of rotatable bonds is 5. The van der Waals surface area contributed by atoms with Crippen LogP contribution in [0.25, 0.3) is 0 Å². The van der Waals surface area contributed by atoms with Crippen LogP contribution >= 0.6 is 11.6 Å². The largest absolute Gasteiger partial charge is 0.461 e. The van der Waals surface area contributed by atoms with Gasteiger partial charge in [0, 0.05) is 30.1 Å². The summed E-state index contributed by atoms with van der Waals surface area (Å²) in [4.78, 5) is 27.0. The fourth-order valence-corrected chi connectivity index (χ4v) is 3.85. The molecule has 0 unspecified atom stereocenters. The van der Waals surface area contributed by atoms with Crippen LogP contribution in [0.2, 0.25) is 5.02 Å². The van der Waals surface area contributed by atoms with Crippen LogP contribution in [0.3, 0.4) is 0 Å². The molecule has 11 heteroatoms. The molecule has 1 aliphatic heterocycles. The molecule has 0 radical (unpaired) electrons. The summed E-state index contributed by atoms with van der Waals surface area (Å²) in [7, 11) is 0. The molecule has 168 valence electrons. The first-order valence-electron chi connectivity index (χ1n) is 9.71. The second-order valence-corrected chi connectivity index (χ2v) is 7.59. The lowest BCUT2D eigenvalue weighted by molar-refractivity contribution is -0.137. The first-order chi connectivity index (χ1) is 14.6. The van der Waals surface area contributed by atoms with Gasteiger partial charge < -0.3 is 15.4 Å². The zero-order valence-corrected chi connectivity index (χ0v) is 17.8. The van der Waals surface area contributed by atoms with Crippen LogP contribution in [-0.4, -0.2) is 45.8 Å². The first-order valence-corrected chi connectivity index (χ1v) is 10.1. The van der Waals surface area contributed by atoms with Crippen molar-refractivity contribution in [1.29, 1.82) is 0 Å². The number of halogens is 4. The molecule has 7 nitrogen and oxygen atoms in total. The van der Waals surface area contributed by atoms with E-state index in [4.69, 9.17) is 22.1 Å². The monoisotopic (exact) mass is 458 g/mol. The Morgan fingerprint density at radius 1 is 1.35 bits per heavy atom. The Morgan fingerprint density at radius 3 is 2.68 bits per heavy atom. The number of hydrogen-bond acceptors (Lipinski definition) is 5. The standard InChI is InChI=1S/C20H22ClF3N4O3/c1-3-31-19(30)17-13-10-27(11(2)8-16(13)26-28(17)7-6-25)18(29)12-4-5-15(21)14(9-12)20(22,23)24/h4-5,9,11H,3,6-8,10,25H2,1-2H3/t11-/m1/s1. The fourth-order valence-electron chi connectivity index (χ4n) is 3.62. The number of alkyl halides is 3.